The van der Waals surface area contributed by atoms with Gasteiger partial charge in [-0.05, 0) is 203 Å². The van der Waals surface area contributed by atoms with E-state index in [1.807, 2.05) is 226 Å². The van der Waals surface area contributed by atoms with Crippen LogP contribution in [-0.2, 0) is 83.5 Å². The molecule has 7 aromatic rings. The lowest BCUT2D eigenvalue weighted by Crippen LogP contribution is -2.45. The van der Waals surface area contributed by atoms with Gasteiger partial charge in [0.2, 0.25) is 48.8 Å². The molecule has 1 amide bonds. The summed E-state index contributed by atoms with van der Waals surface area (Å²) in [6.07, 6.45) is 23.9. The minimum absolute atomic E-state index is 0.0181. The standard InChI is InChI=1S/C15H27NO2.C15H22O.C14H27NO.C14H20O2.C13H20N2O2.C12H20N2O.C12H19NOS.C10H16N2OS.C10H15NO3/c1-11(2)9-13-7-5-6-8-16(15(13)18)10-14(17)12(3)4;1-11(2)8-13-6-5-7-14(9-13)10-15(16)12(3)4;1-10(2)14(16)13-7-5-12(6-8-13)9-15-11(3)4;1-10(2)14(15)9-12-5-7-13(8-6-12)16-11(3)4;1-9(2)12(16)8-15-7-5-6-11(13(15)17)14-10(3)4;1-10(2)12(15)9-13-5-7-14(8-6-13)11(3)4;1-8(2)5-10-7-15-12(13-10)6-11(14)9(3)4;1-6(2)9(13)10-11-5-8(14-10)12-7(3)4;1-6(2)10(12)8-5-9(11-14-8)13-7(3)4/h11-13H,5-10H2,1-4H3;5-7,9,11-12H,8,10H2,1-4H3;10-13,15H,5-9H2,1-4H3;5-8,10-11H,9H2,1-4H3;5-7,9-10,14H,8H2,1-4H3;5-8,10-11H,9H2,1-4H3;7-9H,5-6H2,1-4H3;5-7,12H,1-4H3;5-7H,1-4H3/q;;;;;+2;;;/t13-;;;;;;;;/m1......../s1. The Morgan fingerprint density at radius 1 is 0.496 bits per heavy atom. The van der Waals surface area contributed by atoms with E-state index in [2.05, 4.69) is 142 Å². The van der Waals surface area contributed by atoms with Gasteiger partial charge in [0.05, 0.1) is 49.7 Å². The number of Topliss-reactive ketones (excluding diaryl/α,β-unsaturated/α-hetero) is 9. The number of aromatic nitrogens is 6. The molecule has 6 heterocycles. The zero-order valence-electron chi connectivity index (χ0n) is 93.4. The van der Waals surface area contributed by atoms with Crippen molar-refractivity contribution in [1.82, 2.24) is 29.9 Å². The van der Waals surface area contributed by atoms with Crippen molar-refractivity contribution in [1.29, 1.82) is 0 Å². The quantitative estimate of drug-likeness (QED) is 0.0236. The van der Waals surface area contributed by atoms with Crippen LogP contribution in [0, 0.1) is 88.8 Å². The monoisotopic (exact) mass is 2000 g/mol. The fourth-order valence-corrected chi connectivity index (χ4v) is 15.9. The van der Waals surface area contributed by atoms with Gasteiger partial charge in [0.1, 0.15) is 44.6 Å². The van der Waals surface area contributed by atoms with E-state index in [-0.39, 0.29) is 142 Å². The second kappa shape index (κ2) is 68.8. The summed E-state index contributed by atoms with van der Waals surface area (Å²) in [5.41, 5.74) is 5.06. The van der Waals surface area contributed by atoms with Crippen LogP contribution in [0.4, 0.5) is 10.7 Å². The number of hydrogen-bond donors (Lipinski definition) is 3. The summed E-state index contributed by atoms with van der Waals surface area (Å²) in [6, 6.07) is 22.8. The molecule has 1 saturated carbocycles. The van der Waals surface area contributed by atoms with Crippen molar-refractivity contribution in [3.8, 4) is 11.6 Å². The highest BCUT2D eigenvalue weighted by Gasteiger charge is 2.31. The number of pyridine rings is 1. The molecular formula is C115H186N10O14S2+2. The number of ether oxygens (including phenoxy) is 2. The highest BCUT2D eigenvalue weighted by atomic mass is 32.1. The third kappa shape index (κ3) is 56.5. The molecule has 9 rings (SSSR count). The van der Waals surface area contributed by atoms with Crippen LogP contribution in [0.15, 0.2) is 119 Å². The first-order valence-corrected chi connectivity index (χ1v) is 53.8. The number of amides is 1. The largest absolute Gasteiger partial charge is 0.491 e. The topological polar surface area (TPSA) is 310 Å². The van der Waals surface area contributed by atoms with Gasteiger partial charge in [-0.1, -0.05) is 234 Å². The molecule has 0 bridgehead atoms. The number of nitrogens with one attached hydrogen (secondary N) is 3. The van der Waals surface area contributed by atoms with Gasteiger partial charge < -0.3 is 39.4 Å². The van der Waals surface area contributed by atoms with Crippen molar-refractivity contribution in [2.75, 3.05) is 30.3 Å². The number of hydrogen-bond acceptors (Lipinski definition) is 22. The first kappa shape index (κ1) is 130. The Morgan fingerprint density at radius 2 is 1.02 bits per heavy atom. The van der Waals surface area contributed by atoms with Gasteiger partial charge in [-0.3, -0.25) is 52.7 Å². The lowest BCUT2D eigenvalue weighted by molar-refractivity contribution is -0.756. The average Bonchev–Trinajstić information content (AvgIpc) is 1.85. The van der Waals surface area contributed by atoms with Crippen LogP contribution in [0.2, 0.25) is 0 Å². The van der Waals surface area contributed by atoms with Gasteiger partial charge in [-0.15, -0.1) is 11.3 Å². The predicted molar refractivity (Wildman–Crippen MR) is 578 cm³/mol. The van der Waals surface area contributed by atoms with E-state index >= 15 is 0 Å². The molecule has 1 aliphatic heterocycles. The Hall–Kier alpha value is -9.40. The van der Waals surface area contributed by atoms with Crippen molar-refractivity contribution in [3.05, 3.63) is 158 Å². The fraction of sp³-hybridized carbons (Fsp3) is 0.652. The number of ketones is 9. The van der Waals surface area contributed by atoms with Gasteiger partial charge >= 0.3 is 0 Å². The molecule has 5 aromatic heterocycles. The summed E-state index contributed by atoms with van der Waals surface area (Å²) in [5.74, 6) is 7.29. The van der Waals surface area contributed by atoms with Crippen LogP contribution < -0.4 is 40.1 Å². The summed E-state index contributed by atoms with van der Waals surface area (Å²) in [6.45, 7) is 74.8. The summed E-state index contributed by atoms with van der Waals surface area (Å²) in [7, 11) is 0. The molecule has 24 nitrogen and oxygen atoms in total. The molecule has 2 aliphatic rings. The molecule has 1 aliphatic carbocycles. The van der Waals surface area contributed by atoms with E-state index in [0.717, 1.165) is 103 Å². The molecule has 0 spiro atoms. The van der Waals surface area contributed by atoms with E-state index in [4.69, 9.17) is 14.0 Å². The number of anilines is 2. The molecule has 0 unspecified atom stereocenters. The number of carbonyl (C=O) groups is 10. The SMILES string of the molecule is CC(C)C(=O)C[n+]1cc[n+](C(C)C)cc1.CC(C)C[C@H]1CCCCN(CC(=O)C(C)C)C1=O.CC(C)Cc1cccc(CC(=O)C(C)C)c1.CC(C)Cc1csc(CC(=O)C(C)C)n1.CC(C)NCC1CCC(C(=O)C(C)C)CC1.CC(C)Nc1cccn(CC(=O)C(C)C)c1=O.CC(C)Nc1cnc(C(=O)C(C)C)s1.CC(C)Oc1cc(C(=O)C(C)C)on1.CC(C)Oc1ccc(CC(=O)C(C)C)cc1. The van der Waals surface area contributed by atoms with Crippen LogP contribution in [0.3, 0.4) is 0 Å². The Kier molecular flexibility index (Phi) is 63.2. The molecule has 26 heteroatoms. The second-order valence-corrected chi connectivity index (χ2v) is 45.2. The maximum atomic E-state index is 12.4. The molecule has 0 radical (unpaired) electrons. The van der Waals surface area contributed by atoms with Crippen molar-refractivity contribution >= 4 is 91.3 Å². The van der Waals surface area contributed by atoms with E-state index < -0.39 is 0 Å². The van der Waals surface area contributed by atoms with Gasteiger partial charge in [0.15, 0.2) is 34.2 Å². The molecule has 2 aromatic carbocycles. The summed E-state index contributed by atoms with van der Waals surface area (Å²) in [5, 5.41) is 18.0. The third-order valence-electron chi connectivity index (χ3n) is 22.6. The van der Waals surface area contributed by atoms with Crippen LogP contribution in [0.25, 0.3) is 0 Å². The average molecular weight is 2000 g/mol. The van der Waals surface area contributed by atoms with Gasteiger partial charge in [0.25, 0.3) is 11.4 Å². The number of nitrogens with zero attached hydrogens (tertiary/aromatic N) is 7. The van der Waals surface area contributed by atoms with Crippen LogP contribution in [0.1, 0.15) is 354 Å². The van der Waals surface area contributed by atoms with E-state index in [1.165, 1.54) is 40.4 Å². The van der Waals surface area contributed by atoms with Crippen molar-refractivity contribution in [2.45, 2.75) is 382 Å². The number of rotatable bonds is 42. The maximum Gasteiger partial charge on any atom is 0.274 e. The number of benzene rings is 2. The summed E-state index contributed by atoms with van der Waals surface area (Å²) >= 11 is 3.03. The van der Waals surface area contributed by atoms with Gasteiger partial charge in [-0.2, -0.15) is 9.13 Å². The Morgan fingerprint density at radius 3 is 1.51 bits per heavy atom. The first-order valence-electron chi connectivity index (χ1n) is 52.1. The Balaban J connectivity index is 0.000000794. The maximum absolute atomic E-state index is 12.4. The van der Waals surface area contributed by atoms with Crippen molar-refractivity contribution < 1.29 is 71.1 Å². The van der Waals surface area contributed by atoms with Crippen LogP contribution >= 0.6 is 22.7 Å². The lowest BCUT2D eigenvalue weighted by atomic mass is 9.78. The zero-order valence-corrected chi connectivity index (χ0v) is 95.0. The van der Waals surface area contributed by atoms with Crippen LogP contribution in [0.5, 0.6) is 11.6 Å². The molecular weight excluding hydrogens is 1810 g/mol. The normalized spacial score (nSPS) is 14.1. The molecule has 3 N–H and O–H groups in total. The molecule has 1 saturated heterocycles. The van der Waals surface area contributed by atoms with Crippen molar-refractivity contribution in [2.24, 2.45) is 88.8 Å². The fourth-order valence-electron chi connectivity index (χ4n) is 14.0. The molecule has 1 atom stereocenters. The predicted octanol–water partition coefficient (Wildman–Crippen LogP) is 24.0. The molecule has 141 heavy (non-hydrogen) atoms. The van der Waals surface area contributed by atoms with Gasteiger partial charge in [-0.25, -0.2) is 9.97 Å². The highest BCUT2D eigenvalue weighted by molar-refractivity contribution is 7.17. The van der Waals surface area contributed by atoms with E-state index in [0.29, 0.717) is 102 Å². The number of carbonyl (C=O) groups excluding carboxylic acids is 10. The van der Waals surface area contributed by atoms with E-state index in [9.17, 15) is 52.7 Å². The summed E-state index contributed by atoms with van der Waals surface area (Å²) < 4.78 is 21.1. The van der Waals surface area contributed by atoms with E-state index in [1.54, 1.807) is 40.8 Å². The van der Waals surface area contributed by atoms with Crippen LogP contribution in [-0.4, -0.2) is 133 Å². The number of thiazole rings is 2. The smallest absolute Gasteiger partial charge is 0.274 e. The van der Waals surface area contributed by atoms with Crippen molar-refractivity contribution in [3.63, 3.8) is 0 Å². The highest BCUT2D eigenvalue weighted by Crippen LogP contribution is 2.32. The molecule has 790 valence electrons. The Bertz CT molecular complexity index is 4780. The first-order chi connectivity index (χ1) is 65.8. The minimum Gasteiger partial charge on any atom is -0.491 e. The third-order valence-corrected chi connectivity index (χ3v) is 24.4. The van der Waals surface area contributed by atoms with Gasteiger partial charge in [0, 0.05) is 114 Å². The second-order valence-electron chi connectivity index (χ2n) is 43.3. The zero-order chi connectivity index (χ0) is 107. The Labute approximate surface area is 857 Å². The number of likely N-dealkylation sites (tertiary alicyclic amines) is 1. The lowest BCUT2D eigenvalue weighted by Gasteiger charge is -2.29. The minimum atomic E-state index is -0.143. The molecule has 2 fully saturated rings. The summed E-state index contributed by atoms with van der Waals surface area (Å²) in [4.78, 5) is 139.